The lowest BCUT2D eigenvalue weighted by molar-refractivity contribution is 0.462. The molecule has 0 amide bonds. The topological polar surface area (TPSA) is 42.7 Å². The van der Waals surface area contributed by atoms with Crippen LogP contribution >= 0.6 is 41.9 Å². The highest BCUT2D eigenvalue weighted by molar-refractivity contribution is 14.2. The molecule has 1 aliphatic rings. The maximum absolute atomic E-state index is 6.04. The summed E-state index contributed by atoms with van der Waals surface area (Å²) in [6, 6.07) is 2.56. The van der Waals surface area contributed by atoms with Crippen LogP contribution in [0, 0.1) is 0 Å². The van der Waals surface area contributed by atoms with Crippen molar-refractivity contribution < 1.29 is 0 Å². The summed E-state index contributed by atoms with van der Waals surface area (Å²) in [5.41, 5.74) is 0.873. The maximum Gasteiger partial charge on any atom is 0.226 e. The monoisotopic (exact) mass is 408 g/mol. The molecule has 3 rings (SSSR count). The molecule has 1 N–H and O–H groups in total. The molecular weight excluding hydrogens is 395 g/mol. The number of fused-ring (bicyclic) bond motifs is 1. The summed E-state index contributed by atoms with van der Waals surface area (Å²) in [5, 5.41) is 4.88. The van der Waals surface area contributed by atoms with E-state index in [4.69, 9.17) is 11.6 Å². The fourth-order valence-corrected chi connectivity index (χ4v) is 4.00. The molecule has 1 fully saturated rings. The molecule has 0 spiro atoms. The van der Waals surface area contributed by atoms with E-state index in [2.05, 4.69) is 36.5 Å². The van der Waals surface area contributed by atoms with E-state index in [1.165, 1.54) is 32.1 Å². The van der Waals surface area contributed by atoms with Gasteiger partial charge in [-0.25, -0.2) is 4.98 Å². The fraction of sp³-hybridized carbons (Fsp3) is 0.500. The van der Waals surface area contributed by atoms with E-state index < -0.39 is 0 Å². The molecule has 0 aliphatic heterocycles. The van der Waals surface area contributed by atoms with Crippen LogP contribution in [0.2, 0.25) is 5.28 Å². The molecule has 0 saturated heterocycles. The highest BCUT2D eigenvalue weighted by atomic mass is 127. The molecule has 2 aromatic heterocycles. The third kappa shape index (κ3) is 2.95. The Balaban J connectivity index is 1.95. The summed E-state index contributed by atoms with van der Waals surface area (Å²) in [6.45, 7) is 0. The van der Waals surface area contributed by atoms with Crippen LogP contribution in [0.3, 0.4) is 0 Å². The van der Waals surface area contributed by atoms with Crippen LogP contribution < -0.4 is 5.32 Å². The summed E-state index contributed by atoms with van der Waals surface area (Å²) >= 11 is 8.27. The van der Waals surface area contributed by atoms with E-state index in [1.807, 2.05) is 16.2 Å². The minimum atomic E-state index is 0.302. The highest BCUT2D eigenvalue weighted by Crippen LogP contribution is 2.30. The Labute approximate surface area is 133 Å². The lowest BCUT2D eigenvalue weighted by Gasteiger charge is -2.23. The smallest absolute Gasteiger partial charge is 0.226 e. The molecule has 102 valence electrons. The molecule has 1 aliphatic carbocycles. The Morgan fingerprint density at radius 1 is 1.32 bits per heavy atom. The van der Waals surface area contributed by atoms with Crippen molar-refractivity contribution in [3.05, 3.63) is 17.5 Å². The molecule has 0 radical (unpaired) electrons. The average Bonchev–Trinajstić information content (AvgIpc) is 2.83. The molecule has 0 bridgehead atoms. The lowest BCUT2D eigenvalue weighted by atomic mass is 9.95. The van der Waals surface area contributed by atoms with Crippen LogP contribution in [0.5, 0.6) is 0 Å². The van der Waals surface area contributed by atoms with Gasteiger partial charge in [0.2, 0.25) is 5.28 Å². The van der Waals surface area contributed by atoms with Gasteiger partial charge in [-0.2, -0.15) is 4.98 Å². The number of halogens is 2. The van der Waals surface area contributed by atoms with Crippen molar-refractivity contribution in [1.82, 2.24) is 13.9 Å². The summed E-state index contributed by atoms with van der Waals surface area (Å²) in [4.78, 5) is 8.67. The number of hydrogen-bond donors (Lipinski definition) is 1. The van der Waals surface area contributed by atoms with Gasteiger partial charge in [-0.05, 0) is 30.5 Å². The minimum absolute atomic E-state index is 0.302. The van der Waals surface area contributed by atoms with E-state index >= 15 is 0 Å². The molecule has 7 heteroatoms. The van der Waals surface area contributed by atoms with Crippen LogP contribution in [-0.4, -0.2) is 20.0 Å². The zero-order valence-corrected chi connectivity index (χ0v) is 14.0. The van der Waals surface area contributed by atoms with Crippen LogP contribution in [0.1, 0.15) is 32.1 Å². The molecule has 0 aromatic carbocycles. The summed E-state index contributed by atoms with van der Waals surface area (Å²) in [6.07, 6.45) is 8.36. The van der Waals surface area contributed by atoms with Gasteiger partial charge < -0.3 is 5.32 Å². The van der Waals surface area contributed by atoms with Crippen molar-refractivity contribution in [2.75, 3.05) is 5.32 Å². The van der Waals surface area contributed by atoms with E-state index in [0.717, 1.165) is 16.9 Å². The van der Waals surface area contributed by atoms with Gasteiger partial charge in [-0.3, -0.25) is 3.97 Å². The van der Waals surface area contributed by atoms with Gasteiger partial charge >= 0.3 is 0 Å². The third-order valence-corrected chi connectivity index (χ3v) is 5.39. The first-order valence-electron chi connectivity index (χ1n) is 6.38. The minimum Gasteiger partial charge on any atom is -0.367 e. The quantitative estimate of drug-likeness (QED) is 0.592. The van der Waals surface area contributed by atoms with Gasteiger partial charge in [0.05, 0.1) is 5.39 Å². The van der Waals surface area contributed by atoms with Gasteiger partial charge in [0, 0.05) is 42.6 Å². The molecule has 0 unspecified atom stereocenters. The Bertz CT molecular complexity index is 582. The van der Waals surface area contributed by atoms with Gasteiger partial charge in [0.25, 0.3) is 0 Å². The maximum atomic E-state index is 6.04. The zero-order valence-electron chi connectivity index (χ0n) is 10.3. The first kappa shape index (κ1) is 13.8. The summed E-state index contributed by atoms with van der Waals surface area (Å²) < 4.78 is 2.00. The molecule has 4 nitrogen and oxygen atoms in total. The Hall–Kier alpha value is -0.210. The Morgan fingerprint density at radius 3 is 2.84 bits per heavy atom. The third-order valence-electron chi connectivity index (χ3n) is 3.50. The largest absolute Gasteiger partial charge is 0.367 e. The van der Waals surface area contributed by atoms with Crippen LogP contribution in [0.15, 0.2) is 12.3 Å². The Kier molecular flexibility index (Phi) is 4.38. The summed E-state index contributed by atoms with van der Waals surface area (Å²) in [5.74, 6) is 0.867. The van der Waals surface area contributed by atoms with Crippen LogP contribution in [0.4, 0.5) is 5.82 Å². The van der Waals surface area contributed by atoms with Crippen molar-refractivity contribution >= 4 is 58.8 Å². The number of nitrogens with zero attached hydrogens (tertiary/aromatic N) is 3. The molecule has 2 heterocycles. The lowest BCUT2D eigenvalue weighted by Crippen LogP contribution is -2.23. The van der Waals surface area contributed by atoms with Crippen molar-refractivity contribution in [3.63, 3.8) is 0 Å². The predicted molar refractivity (Wildman–Crippen MR) is 90.0 cm³/mol. The second-order valence-corrected chi connectivity index (χ2v) is 6.82. The van der Waals surface area contributed by atoms with E-state index in [0.29, 0.717) is 11.3 Å². The van der Waals surface area contributed by atoms with Gasteiger partial charge in [-0.1, -0.05) is 19.3 Å². The number of hydrogen-bond acceptors (Lipinski definition) is 4. The molecule has 19 heavy (non-hydrogen) atoms. The first-order chi connectivity index (χ1) is 9.28. The van der Waals surface area contributed by atoms with Crippen LogP contribution in [-0.2, 0) is 0 Å². The van der Waals surface area contributed by atoms with Gasteiger partial charge in [0.15, 0.2) is 5.65 Å². The molecule has 2 aromatic rings. The number of anilines is 1. The van der Waals surface area contributed by atoms with E-state index in [-0.39, 0.29) is 0 Å². The normalized spacial score (nSPS) is 16.9. The van der Waals surface area contributed by atoms with Crippen molar-refractivity contribution in [2.45, 2.75) is 38.1 Å². The standard InChI is InChI=1S/C12H14ClIN4S/c13-12-16-10(15-8-4-2-1-3-5-8)9-6-7-18(19-14)11(9)17-12/h6-8H,1-5H2,(H,15,16,17). The number of rotatable bonds is 3. The highest BCUT2D eigenvalue weighted by Gasteiger charge is 2.17. The fourth-order valence-electron chi connectivity index (χ4n) is 2.57. The zero-order chi connectivity index (χ0) is 13.2. The van der Waals surface area contributed by atoms with Crippen molar-refractivity contribution in [3.8, 4) is 0 Å². The van der Waals surface area contributed by atoms with Gasteiger partial charge in [0.1, 0.15) is 5.82 Å². The predicted octanol–water partition coefficient (Wildman–Crippen LogP) is 4.68. The van der Waals surface area contributed by atoms with Crippen LogP contribution in [0.25, 0.3) is 11.0 Å². The van der Waals surface area contributed by atoms with E-state index in [1.54, 1.807) is 9.12 Å². The van der Waals surface area contributed by atoms with E-state index in [9.17, 15) is 0 Å². The first-order valence-corrected chi connectivity index (χ1v) is 10.1. The second-order valence-electron chi connectivity index (χ2n) is 4.77. The SMILES string of the molecule is Clc1nc(NC2CCCCC2)c2ccn(SI)c2n1. The average molecular weight is 409 g/mol. The number of aromatic nitrogens is 3. The Morgan fingerprint density at radius 2 is 2.11 bits per heavy atom. The summed E-state index contributed by atoms with van der Waals surface area (Å²) in [7, 11) is 1.58. The number of nitrogens with one attached hydrogen (secondary N) is 1. The van der Waals surface area contributed by atoms with Crippen molar-refractivity contribution in [1.29, 1.82) is 0 Å². The van der Waals surface area contributed by atoms with Crippen molar-refractivity contribution in [2.24, 2.45) is 0 Å². The van der Waals surface area contributed by atoms with Gasteiger partial charge in [-0.15, -0.1) is 0 Å². The second kappa shape index (κ2) is 6.05. The molecule has 0 atom stereocenters. The molecular formula is C12H14ClIN4S. The molecule has 1 saturated carbocycles.